The molecule has 0 bridgehead atoms. The van der Waals surface area contributed by atoms with E-state index in [1.807, 2.05) is 0 Å². The number of hydrogen-bond donors (Lipinski definition) is 2. The fourth-order valence-corrected chi connectivity index (χ4v) is 1.67. The lowest BCUT2D eigenvalue weighted by Crippen LogP contribution is -2.25. The van der Waals surface area contributed by atoms with Crippen LogP contribution in [-0.2, 0) is 4.74 Å². The quantitative estimate of drug-likeness (QED) is 0.803. The van der Waals surface area contributed by atoms with E-state index in [0.29, 0.717) is 24.8 Å². The Balaban J connectivity index is 1.67. The van der Waals surface area contributed by atoms with Gasteiger partial charge in [-0.05, 0) is 37.0 Å². The van der Waals surface area contributed by atoms with Crippen molar-refractivity contribution in [1.82, 2.24) is 0 Å². The van der Waals surface area contributed by atoms with Gasteiger partial charge in [0.2, 0.25) is 0 Å². The minimum atomic E-state index is -0.595. The largest absolute Gasteiger partial charge is 0.389 e. The van der Waals surface area contributed by atoms with Gasteiger partial charge in [0.05, 0.1) is 17.7 Å². The molecule has 1 saturated carbocycles. The first-order valence-electron chi connectivity index (χ1n) is 6.10. The summed E-state index contributed by atoms with van der Waals surface area (Å²) in [7, 11) is 0. The van der Waals surface area contributed by atoms with Crippen LogP contribution in [0.15, 0.2) is 18.2 Å². The highest BCUT2D eigenvalue weighted by Gasteiger charge is 2.21. The van der Waals surface area contributed by atoms with E-state index < -0.39 is 11.9 Å². The molecule has 1 unspecified atom stereocenters. The van der Waals surface area contributed by atoms with Crippen molar-refractivity contribution in [3.8, 4) is 0 Å². The molecular weight excluding hydrogens is 257 g/mol. The monoisotopic (exact) mass is 273 g/mol. The van der Waals surface area contributed by atoms with Gasteiger partial charge in [0.1, 0.15) is 5.82 Å². The lowest BCUT2D eigenvalue weighted by atomic mass is 10.3. The van der Waals surface area contributed by atoms with Crippen LogP contribution in [0.5, 0.6) is 0 Å². The zero-order valence-corrected chi connectivity index (χ0v) is 10.8. The fourth-order valence-electron chi connectivity index (χ4n) is 1.56. The molecule has 1 aromatic rings. The van der Waals surface area contributed by atoms with E-state index in [0.717, 1.165) is 6.61 Å². The summed E-state index contributed by atoms with van der Waals surface area (Å²) in [6.07, 6.45) is 1.87. The van der Waals surface area contributed by atoms with Crippen molar-refractivity contribution in [2.24, 2.45) is 5.92 Å². The Morgan fingerprint density at radius 3 is 2.94 bits per heavy atom. The molecule has 0 spiro atoms. The summed E-state index contributed by atoms with van der Waals surface area (Å²) >= 11 is 5.58. The molecule has 1 aliphatic carbocycles. The second-order valence-electron chi connectivity index (χ2n) is 4.64. The zero-order chi connectivity index (χ0) is 13.0. The molecule has 0 radical (unpaired) electrons. The predicted molar refractivity (Wildman–Crippen MR) is 69.4 cm³/mol. The second-order valence-corrected chi connectivity index (χ2v) is 5.05. The van der Waals surface area contributed by atoms with Crippen LogP contribution < -0.4 is 5.32 Å². The third-order valence-corrected chi connectivity index (χ3v) is 3.13. The van der Waals surface area contributed by atoms with Crippen LogP contribution in [-0.4, -0.2) is 31.0 Å². The highest BCUT2D eigenvalue weighted by Crippen LogP contribution is 2.28. The summed E-state index contributed by atoms with van der Waals surface area (Å²) in [5, 5.41) is 12.7. The van der Waals surface area contributed by atoms with Crippen LogP contribution in [0, 0.1) is 11.7 Å². The molecule has 2 rings (SSSR count). The van der Waals surface area contributed by atoms with E-state index in [4.69, 9.17) is 16.3 Å². The molecule has 3 nitrogen and oxygen atoms in total. The van der Waals surface area contributed by atoms with Crippen molar-refractivity contribution in [3.63, 3.8) is 0 Å². The maximum absolute atomic E-state index is 13.1. The molecule has 100 valence electrons. The molecule has 18 heavy (non-hydrogen) atoms. The molecule has 1 aliphatic rings. The minimum Gasteiger partial charge on any atom is -0.389 e. The van der Waals surface area contributed by atoms with Crippen LogP contribution in [0.4, 0.5) is 10.1 Å². The lowest BCUT2D eigenvalue weighted by molar-refractivity contribution is 0.0386. The van der Waals surface area contributed by atoms with E-state index >= 15 is 0 Å². The number of aliphatic hydroxyl groups excluding tert-OH is 1. The van der Waals surface area contributed by atoms with Crippen molar-refractivity contribution in [3.05, 3.63) is 29.0 Å². The highest BCUT2D eigenvalue weighted by atomic mass is 35.5. The number of ether oxygens (including phenoxy) is 1. The molecule has 0 aromatic heterocycles. The van der Waals surface area contributed by atoms with Gasteiger partial charge in [0.15, 0.2) is 0 Å². The molecular formula is C13H17ClFNO2. The van der Waals surface area contributed by atoms with Crippen LogP contribution in [0.3, 0.4) is 0 Å². The first kappa shape index (κ1) is 13.6. The summed E-state index contributed by atoms with van der Waals surface area (Å²) < 4.78 is 18.5. The Morgan fingerprint density at radius 1 is 1.50 bits per heavy atom. The van der Waals surface area contributed by atoms with Crippen molar-refractivity contribution in [1.29, 1.82) is 0 Å². The molecule has 2 N–H and O–H groups in total. The molecule has 0 amide bonds. The minimum absolute atomic E-state index is 0.0915. The Kier molecular flexibility index (Phi) is 4.80. The molecule has 1 atom stereocenters. The van der Waals surface area contributed by atoms with Crippen molar-refractivity contribution < 1.29 is 14.2 Å². The maximum atomic E-state index is 13.1. The number of benzene rings is 1. The Morgan fingerprint density at radius 2 is 2.28 bits per heavy atom. The SMILES string of the molecule is OC(CNc1ccc(Cl)c(F)c1)COCC1CC1. The zero-order valence-electron chi connectivity index (χ0n) is 10.0. The number of rotatable bonds is 7. The van der Waals surface area contributed by atoms with Crippen molar-refractivity contribution in [2.45, 2.75) is 18.9 Å². The maximum Gasteiger partial charge on any atom is 0.143 e. The van der Waals surface area contributed by atoms with Crippen LogP contribution >= 0.6 is 11.6 Å². The lowest BCUT2D eigenvalue weighted by Gasteiger charge is -2.13. The van der Waals surface area contributed by atoms with Crippen LogP contribution in [0.2, 0.25) is 5.02 Å². The number of hydrogen-bond acceptors (Lipinski definition) is 3. The predicted octanol–water partition coefficient (Wildman–Crippen LogP) is 2.68. The van der Waals surface area contributed by atoms with Crippen LogP contribution in [0.1, 0.15) is 12.8 Å². The van der Waals surface area contributed by atoms with E-state index in [9.17, 15) is 9.50 Å². The van der Waals surface area contributed by atoms with Gasteiger partial charge in [-0.3, -0.25) is 0 Å². The third kappa shape index (κ3) is 4.44. The van der Waals surface area contributed by atoms with Crippen LogP contribution in [0.25, 0.3) is 0 Å². The summed E-state index contributed by atoms with van der Waals surface area (Å²) in [4.78, 5) is 0. The number of anilines is 1. The van der Waals surface area contributed by atoms with Gasteiger partial charge < -0.3 is 15.2 Å². The summed E-state index contributed by atoms with van der Waals surface area (Å²) in [6.45, 7) is 1.36. The van der Waals surface area contributed by atoms with Gasteiger partial charge in [0, 0.05) is 18.8 Å². The normalized spacial score (nSPS) is 16.6. The summed E-state index contributed by atoms with van der Waals surface area (Å²) in [5.41, 5.74) is 0.596. The molecule has 1 aromatic carbocycles. The number of halogens is 2. The standard InChI is InChI=1S/C13H17ClFNO2/c14-12-4-3-10(5-13(12)15)16-6-11(17)8-18-7-9-1-2-9/h3-5,9,11,16-17H,1-2,6-8H2. The van der Waals surface area contributed by atoms with Crippen molar-refractivity contribution in [2.75, 3.05) is 25.1 Å². The molecule has 0 aliphatic heterocycles. The fraction of sp³-hybridized carbons (Fsp3) is 0.538. The van der Waals surface area contributed by atoms with E-state index in [1.54, 1.807) is 6.07 Å². The summed E-state index contributed by atoms with van der Waals surface area (Å²) in [5.74, 6) is 0.219. The molecule has 5 heteroatoms. The average molecular weight is 274 g/mol. The number of nitrogens with one attached hydrogen (secondary N) is 1. The molecule has 0 saturated heterocycles. The van der Waals surface area contributed by atoms with Gasteiger partial charge in [0.25, 0.3) is 0 Å². The first-order valence-corrected chi connectivity index (χ1v) is 6.47. The highest BCUT2D eigenvalue weighted by molar-refractivity contribution is 6.30. The number of aliphatic hydroxyl groups is 1. The topological polar surface area (TPSA) is 41.5 Å². The van der Waals surface area contributed by atoms with Gasteiger partial charge in [-0.25, -0.2) is 4.39 Å². The van der Waals surface area contributed by atoms with E-state index in [2.05, 4.69) is 5.32 Å². The first-order chi connectivity index (χ1) is 8.65. The third-order valence-electron chi connectivity index (χ3n) is 2.82. The van der Waals surface area contributed by atoms with Crippen molar-refractivity contribution >= 4 is 17.3 Å². The van der Waals surface area contributed by atoms with Gasteiger partial charge in [-0.1, -0.05) is 11.6 Å². The molecule has 0 heterocycles. The van der Waals surface area contributed by atoms with E-state index in [1.165, 1.54) is 25.0 Å². The Bertz CT molecular complexity index is 399. The average Bonchev–Trinajstić information content (AvgIpc) is 3.15. The Labute approximate surface area is 111 Å². The smallest absolute Gasteiger partial charge is 0.143 e. The second kappa shape index (κ2) is 6.36. The van der Waals surface area contributed by atoms with E-state index in [-0.39, 0.29) is 5.02 Å². The van der Waals surface area contributed by atoms with Gasteiger partial charge in [-0.2, -0.15) is 0 Å². The van der Waals surface area contributed by atoms with Gasteiger partial charge >= 0.3 is 0 Å². The molecule has 1 fully saturated rings. The Hall–Kier alpha value is -0.840. The summed E-state index contributed by atoms with van der Waals surface area (Å²) in [6, 6.07) is 4.46. The van der Waals surface area contributed by atoms with Gasteiger partial charge in [-0.15, -0.1) is 0 Å².